The van der Waals surface area contributed by atoms with E-state index in [4.69, 9.17) is 9.15 Å². The summed E-state index contributed by atoms with van der Waals surface area (Å²) < 4.78 is 10.9. The van der Waals surface area contributed by atoms with Gasteiger partial charge in [0.05, 0.1) is 24.1 Å². The van der Waals surface area contributed by atoms with Gasteiger partial charge in [-0.2, -0.15) is 0 Å². The van der Waals surface area contributed by atoms with Crippen molar-refractivity contribution in [3.05, 3.63) is 69.1 Å². The summed E-state index contributed by atoms with van der Waals surface area (Å²) in [4.78, 5) is 25.5. The van der Waals surface area contributed by atoms with Gasteiger partial charge in [-0.3, -0.25) is 9.59 Å². The molecule has 1 aliphatic heterocycles. The predicted octanol–water partition coefficient (Wildman–Crippen LogP) is 2.90. The predicted molar refractivity (Wildman–Crippen MR) is 95.8 cm³/mol. The molecule has 0 saturated heterocycles. The number of methoxy groups -OCH3 is 1. The summed E-state index contributed by atoms with van der Waals surface area (Å²) in [5.74, 6) is -0.151. The van der Waals surface area contributed by atoms with E-state index in [1.165, 1.54) is 13.2 Å². The van der Waals surface area contributed by atoms with Crippen LogP contribution in [-0.2, 0) is 6.42 Å². The van der Waals surface area contributed by atoms with Gasteiger partial charge in [0.2, 0.25) is 5.76 Å². The number of benzene rings is 2. The normalized spacial score (nSPS) is 15.8. The molecule has 132 valence electrons. The van der Waals surface area contributed by atoms with Crippen LogP contribution >= 0.6 is 0 Å². The molecule has 6 heteroatoms. The lowest BCUT2D eigenvalue weighted by Gasteiger charge is -2.13. The second-order valence-corrected chi connectivity index (χ2v) is 6.20. The monoisotopic (exact) mass is 351 g/mol. The van der Waals surface area contributed by atoms with Crippen molar-refractivity contribution in [2.45, 2.75) is 19.4 Å². The van der Waals surface area contributed by atoms with Crippen LogP contribution in [0.3, 0.4) is 0 Å². The highest BCUT2D eigenvalue weighted by Gasteiger charge is 2.36. The molecule has 0 radical (unpaired) electrons. The van der Waals surface area contributed by atoms with Crippen LogP contribution in [0, 0.1) is 0 Å². The summed E-state index contributed by atoms with van der Waals surface area (Å²) in [6, 6.07) is 9.46. The summed E-state index contributed by atoms with van der Waals surface area (Å²) in [5, 5.41) is 13.0. The van der Waals surface area contributed by atoms with Crippen molar-refractivity contribution in [2.24, 2.45) is 0 Å². The van der Waals surface area contributed by atoms with Gasteiger partial charge in [-0.1, -0.05) is 19.1 Å². The van der Waals surface area contributed by atoms with E-state index in [2.05, 4.69) is 5.32 Å². The molecule has 1 aromatic heterocycles. The largest absolute Gasteiger partial charge is 0.504 e. The molecule has 0 bridgehead atoms. The molecule has 6 nitrogen and oxygen atoms in total. The SMILES string of the molecule is CCc1ccc2oc3c(c(=O)c2c1)[C@@H](c1ccc(O)c(OC)c1)NC3=O. The fourth-order valence-corrected chi connectivity index (χ4v) is 3.30. The molecule has 0 spiro atoms. The highest BCUT2D eigenvalue weighted by atomic mass is 16.5. The van der Waals surface area contributed by atoms with Crippen LogP contribution in [0.2, 0.25) is 0 Å². The fraction of sp³-hybridized carbons (Fsp3) is 0.200. The Labute approximate surface area is 149 Å². The average Bonchev–Trinajstić information content (AvgIpc) is 2.99. The quantitative estimate of drug-likeness (QED) is 0.757. The minimum absolute atomic E-state index is 0.0149. The van der Waals surface area contributed by atoms with Gasteiger partial charge < -0.3 is 19.6 Å². The number of hydrogen-bond donors (Lipinski definition) is 2. The van der Waals surface area contributed by atoms with Crippen molar-refractivity contribution in [1.82, 2.24) is 5.32 Å². The maximum absolute atomic E-state index is 13.1. The number of carbonyl (C=O) groups excluding carboxylic acids is 1. The number of aromatic hydroxyl groups is 1. The third-order valence-corrected chi connectivity index (χ3v) is 4.71. The van der Waals surface area contributed by atoms with Crippen LogP contribution in [0.4, 0.5) is 0 Å². The van der Waals surface area contributed by atoms with Crippen LogP contribution in [0.5, 0.6) is 11.5 Å². The van der Waals surface area contributed by atoms with Crippen LogP contribution in [-0.4, -0.2) is 18.1 Å². The summed E-state index contributed by atoms with van der Waals surface area (Å²) >= 11 is 0. The molecular weight excluding hydrogens is 334 g/mol. The first-order valence-electron chi connectivity index (χ1n) is 8.31. The Bertz CT molecular complexity index is 1100. The van der Waals surface area contributed by atoms with E-state index in [1.807, 2.05) is 13.0 Å². The first kappa shape index (κ1) is 16.2. The van der Waals surface area contributed by atoms with Crippen LogP contribution in [0.15, 0.2) is 45.6 Å². The van der Waals surface area contributed by atoms with E-state index in [-0.39, 0.29) is 28.3 Å². The minimum Gasteiger partial charge on any atom is -0.504 e. The van der Waals surface area contributed by atoms with Crippen molar-refractivity contribution in [1.29, 1.82) is 0 Å². The second-order valence-electron chi connectivity index (χ2n) is 6.20. The molecule has 2 aromatic carbocycles. The van der Waals surface area contributed by atoms with Crippen molar-refractivity contribution in [3.63, 3.8) is 0 Å². The maximum atomic E-state index is 13.1. The van der Waals surface area contributed by atoms with E-state index in [9.17, 15) is 14.7 Å². The van der Waals surface area contributed by atoms with Gasteiger partial charge in [0, 0.05) is 0 Å². The van der Waals surface area contributed by atoms with Gasteiger partial charge >= 0.3 is 0 Å². The lowest BCUT2D eigenvalue weighted by Crippen LogP contribution is -2.22. The van der Waals surface area contributed by atoms with Gasteiger partial charge in [-0.25, -0.2) is 0 Å². The molecule has 2 heterocycles. The van der Waals surface area contributed by atoms with Gasteiger partial charge in [-0.05, 0) is 41.8 Å². The summed E-state index contributed by atoms with van der Waals surface area (Å²) in [5.41, 5.74) is 2.09. The topological polar surface area (TPSA) is 88.8 Å². The third-order valence-electron chi connectivity index (χ3n) is 4.71. The molecule has 1 aliphatic rings. The van der Waals surface area contributed by atoms with Gasteiger partial charge in [0.1, 0.15) is 5.58 Å². The number of phenolic OH excluding ortho intramolecular Hbond substituents is 1. The van der Waals surface area contributed by atoms with E-state index < -0.39 is 11.9 Å². The molecule has 0 fully saturated rings. The fourth-order valence-electron chi connectivity index (χ4n) is 3.30. The Hall–Kier alpha value is -3.28. The number of carbonyl (C=O) groups is 1. The van der Waals surface area contributed by atoms with Crippen LogP contribution in [0.25, 0.3) is 11.0 Å². The van der Waals surface area contributed by atoms with Crippen molar-refractivity contribution in [3.8, 4) is 11.5 Å². The standard InChI is InChI=1S/C20H17NO5/c1-3-10-4-7-14-12(8-10)18(23)16-17(21-20(24)19(16)26-14)11-5-6-13(22)15(9-11)25-2/h4-9,17,22H,3H2,1-2H3,(H,21,24)/t17-/m1/s1. The van der Waals surface area contributed by atoms with E-state index in [0.29, 0.717) is 16.5 Å². The Morgan fingerprint density at radius 1 is 1.19 bits per heavy atom. The van der Waals surface area contributed by atoms with Crippen molar-refractivity contribution >= 4 is 16.9 Å². The van der Waals surface area contributed by atoms with E-state index in [1.54, 1.807) is 24.3 Å². The number of phenols is 1. The summed E-state index contributed by atoms with van der Waals surface area (Å²) in [6.07, 6.45) is 0.794. The van der Waals surface area contributed by atoms with Crippen LogP contribution in [0.1, 0.15) is 40.2 Å². The number of aryl methyl sites for hydroxylation is 1. The zero-order valence-electron chi connectivity index (χ0n) is 14.3. The molecule has 0 saturated carbocycles. The average molecular weight is 351 g/mol. The van der Waals surface area contributed by atoms with Crippen molar-refractivity contribution in [2.75, 3.05) is 7.11 Å². The first-order chi connectivity index (χ1) is 12.5. The van der Waals surface area contributed by atoms with Gasteiger partial charge in [0.25, 0.3) is 5.91 Å². The highest BCUT2D eigenvalue weighted by Crippen LogP contribution is 2.35. The third kappa shape index (κ3) is 2.34. The Morgan fingerprint density at radius 2 is 2.00 bits per heavy atom. The number of rotatable bonds is 3. The molecule has 2 N–H and O–H groups in total. The Balaban J connectivity index is 1.95. The number of amides is 1. The maximum Gasteiger partial charge on any atom is 0.288 e. The van der Waals surface area contributed by atoms with Gasteiger partial charge in [0.15, 0.2) is 16.9 Å². The molecule has 0 aliphatic carbocycles. The molecule has 26 heavy (non-hydrogen) atoms. The smallest absolute Gasteiger partial charge is 0.288 e. The molecule has 0 unspecified atom stereocenters. The van der Waals surface area contributed by atoms with Crippen LogP contribution < -0.4 is 15.5 Å². The highest BCUT2D eigenvalue weighted by molar-refractivity contribution is 5.99. The first-order valence-corrected chi connectivity index (χ1v) is 8.31. The lowest BCUT2D eigenvalue weighted by molar-refractivity contribution is 0.0938. The minimum atomic E-state index is -0.655. The zero-order valence-corrected chi connectivity index (χ0v) is 14.3. The zero-order chi connectivity index (χ0) is 18.4. The number of nitrogens with one attached hydrogen (secondary N) is 1. The summed E-state index contributed by atoms with van der Waals surface area (Å²) in [6.45, 7) is 2.01. The van der Waals surface area contributed by atoms with E-state index in [0.717, 1.165) is 12.0 Å². The molecule has 3 aromatic rings. The Kier molecular flexibility index (Phi) is 3.68. The number of ether oxygens (including phenoxy) is 1. The van der Waals surface area contributed by atoms with E-state index >= 15 is 0 Å². The number of fused-ring (bicyclic) bond motifs is 2. The Morgan fingerprint density at radius 3 is 2.73 bits per heavy atom. The molecule has 1 atom stereocenters. The second kappa shape index (κ2) is 5.91. The number of hydrogen-bond acceptors (Lipinski definition) is 5. The molecule has 4 rings (SSSR count). The van der Waals surface area contributed by atoms with Gasteiger partial charge in [-0.15, -0.1) is 0 Å². The summed E-state index contributed by atoms with van der Waals surface area (Å²) in [7, 11) is 1.44. The van der Waals surface area contributed by atoms with Crippen molar-refractivity contribution < 1.29 is 19.1 Å². The molecular formula is C20H17NO5. The molecule has 1 amide bonds. The lowest BCUT2D eigenvalue weighted by atomic mass is 9.98.